The van der Waals surface area contributed by atoms with Crippen LogP contribution in [0, 0.1) is 0 Å². The molecule has 2 amide bonds. The van der Waals surface area contributed by atoms with Crippen LogP contribution in [0.4, 0.5) is 5.69 Å². The highest BCUT2D eigenvalue weighted by Crippen LogP contribution is 2.34. The van der Waals surface area contributed by atoms with Crippen LogP contribution in [0.5, 0.6) is 28.7 Å². The normalized spacial score (nSPS) is 10.9. The van der Waals surface area contributed by atoms with E-state index in [0.717, 1.165) is 0 Å². The van der Waals surface area contributed by atoms with Gasteiger partial charge >= 0.3 is 0 Å². The smallest absolute Gasteiger partial charge is 0.272 e. The minimum atomic E-state index is -0.641. The summed E-state index contributed by atoms with van der Waals surface area (Å²) in [4.78, 5) is 26.6. The summed E-state index contributed by atoms with van der Waals surface area (Å²) in [7, 11) is 4.51. The number of nitrogens with one attached hydrogen (secondary N) is 2. The average molecular weight is 549 g/mol. The number of carbonyl (C=O) groups is 2. The molecule has 200 valence electrons. The second-order valence-corrected chi connectivity index (χ2v) is 8.41. The van der Waals surface area contributed by atoms with Gasteiger partial charge in [0.25, 0.3) is 11.8 Å². The maximum Gasteiger partial charge on any atom is 0.272 e. The third-order valence-electron chi connectivity index (χ3n) is 5.43. The number of amides is 2. The summed E-state index contributed by atoms with van der Waals surface area (Å²) in [5.74, 6) is 1.40. The maximum absolute atomic E-state index is 13.4. The van der Waals surface area contributed by atoms with Gasteiger partial charge in [-0.05, 0) is 60.7 Å². The lowest BCUT2D eigenvalue weighted by Crippen LogP contribution is -2.30. The van der Waals surface area contributed by atoms with Crippen molar-refractivity contribution in [2.75, 3.05) is 26.6 Å². The van der Waals surface area contributed by atoms with Crippen molar-refractivity contribution in [1.82, 2.24) is 5.32 Å². The molecule has 0 aliphatic rings. The van der Waals surface area contributed by atoms with Crippen LogP contribution in [0.3, 0.4) is 0 Å². The Bertz CT molecular complexity index is 1500. The number of hydrogen-bond acceptors (Lipinski definition) is 7. The molecule has 0 aliphatic heterocycles. The zero-order valence-corrected chi connectivity index (χ0v) is 22.1. The second kappa shape index (κ2) is 12.6. The third-order valence-corrected chi connectivity index (χ3v) is 5.66. The molecule has 0 fully saturated rings. The molecule has 4 aromatic rings. The molecule has 1 aromatic heterocycles. The standard InChI is InChI=1S/C29H25ClN2O7/c1-35-20-6-4-7-22(16-20)39-25-12-10-19(30)15-23(25)31-29(34)24(17-21-8-5-13-38-21)32-28(33)18-9-11-26(36-2)27(14-18)37-3/h4-17H,1-3H3,(H,31,34)(H,32,33)/b24-17-. The first kappa shape index (κ1) is 27.2. The number of methoxy groups -OCH3 is 3. The van der Waals surface area contributed by atoms with Crippen LogP contribution in [0.2, 0.25) is 5.02 Å². The Kier molecular flexibility index (Phi) is 8.75. The molecule has 0 saturated heterocycles. The molecule has 0 unspecified atom stereocenters. The van der Waals surface area contributed by atoms with E-state index in [1.807, 2.05) is 0 Å². The van der Waals surface area contributed by atoms with Gasteiger partial charge in [0.05, 0.1) is 33.3 Å². The monoisotopic (exact) mass is 548 g/mol. The van der Waals surface area contributed by atoms with E-state index in [1.165, 1.54) is 38.7 Å². The van der Waals surface area contributed by atoms with E-state index in [0.29, 0.717) is 39.5 Å². The molecule has 0 radical (unpaired) electrons. The number of ether oxygens (including phenoxy) is 4. The maximum atomic E-state index is 13.4. The lowest BCUT2D eigenvalue weighted by atomic mass is 10.1. The Hall–Kier alpha value is -4.89. The van der Waals surface area contributed by atoms with Crippen molar-refractivity contribution in [2.45, 2.75) is 0 Å². The summed E-state index contributed by atoms with van der Waals surface area (Å²) in [5, 5.41) is 5.77. The molecule has 4 rings (SSSR count). The van der Waals surface area contributed by atoms with E-state index < -0.39 is 11.8 Å². The highest BCUT2D eigenvalue weighted by atomic mass is 35.5. The van der Waals surface area contributed by atoms with Gasteiger partial charge in [0.15, 0.2) is 17.2 Å². The van der Waals surface area contributed by atoms with Crippen LogP contribution in [0.1, 0.15) is 16.1 Å². The number of carbonyl (C=O) groups excluding carboxylic acids is 2. The molecule has 3 aromatic carbocycles. The molecule has 10 heteroatoms. The second-order valence-electron chi connectivity index (χ2n) is 7.97. The van der Waals surface area contributed by atoms with Crippen LogP contribution in [-0.2, 0) is 4.79 Å². The van der Waals surface area contributed by atoms with Crippen molar-refractivity contribution in [3.8, 4) is 28.7 Å². The summed E-state index contributed by atoms with van der Waals surface area (Å²) in [5.41, 5.74) is 0.439. The third kappa shape index (κ3) is 6.91. The summed E-state index contributed by atoms with van der Waals surface area (Å²) >= 11 is 6.21. The average Bonchev–Trinajstić information content (AvgIpc) is 3.47. The molecule has 0 saturated carbocycles. The Balaban J connectivity index is 1.61. The Morgan fingerprint density at radius 2 is 1.59 bits per heavy atom. The predicted octanol–water partition coefficient (Wildman–Crippen LogP) is 6.16. The van der Waals surface area contributed by atoms with Crippen molar-refractivity contribution in [3.05, 3.63) is 101 Å². The summed E-state index contributed by atoms with van der Waals surface area (Å²) < 4.78 is 27.1. The van der Waals surface area contributed by atoms with Gasteiger partial charge in [-0.15, -0.1) is 0 Å². The molecule has 2 N–H and O–H groups in total. The number of rotatable bonds is 10. The molecule has 9 nitrogen and oxygen atoms in total. The number of hydrogen-bond donors (Lipinski definition) is 2. The first-order valence-corrected chi connectivity index (χ1v) is 12.0. The number of halogens is 1. The fraction of sp³-hybridized carbons (Fsp3) is 0.103. The molecule has 1 heterocycles. The Labute approximate surface area is 229 Å². The van der Waals surface area contributed by atoms with Crippen LogP contribution in [-0.4, -0.2) is 33.1 Å². The lowest BCUT2D eigenvalue weighted by molar-refractivity contribution is -0.113. The largest absolute Gasteiger partial charge is 0.497 e. The topological polar surface area (TPSA) is 108 Å². The van der Waals surface area contributed by atoms with Crippen molar-refractivity contribution in [1.29, 1.82) is 0 Å². The van der Waals surface area contributed by atoms with E-state index in [2.05, 4.69) is 10.6 Å². The van der Waals surface area contributed by atoms with E-state index >= 15 is 0 Å². The van der Waals surface area contributed by atoms with Gasteiger partial charge in [-0.25, -0.2) is 0 Å². The molecule has 39 heavy (non-hydrogen) atoms. The summed E-state index contributed by atoms with van der Waals surface area (Å²) in [6.45, 7) is 0. The van der Waals surface area contributed by atoms with E-state index in [-0.39, 0.29) is 16.9 Å². The van der Waals surface area contributed by atoms with Crippen molar-refractivity contribution in [2.24, 2.45) is 0 Å². The van der Waals surface area contributed by atoms with E-state index in [1.54, 1.807) is 67.8 Å². The molecule has 0 spiro atoms. The Morgan fingerprint density at radius 3 is 2.31 bits per heavy atom. The van der Waals surface area contributed by atoms with Crippen LogP contribution < -0.4 is 29.6 Å². The van der Waals surface area contributed by atoms with Gasteiger partial charge in [-0.2, -0.15) is 0 Å². The van der Waals surface area contributed by atoms with Gasteiger partial charge in [-0.3, -0.25) is 9.59 Å². The number of furan rings is 1. The zero-order valence-electron chi connectivity index (χ0n) is 21.3. The van der Waals surface area contributed by atoms with Crippen molar-refractivity contribution < 1.29 is 33.0 Å². The fourth-order valence-electron chi connectivity index (χ4n) is 3.52. The predicted molar refractivity (Wildman–Crippen MR) is 147 cm³/mol. The van der Waals surface area contributed by atoms with E-state index in [9.17, 15) is 9.59 Å². The Morgan fingerprint density at radius 1 is 0.821 bits per heavy atom. The molecule has 0 bridgehead atoms. The highest BCUT2D eigenvalue weighted by molar-refractivity contribution is 6.31. The molecular weight excluding hydrogens is 524 g/mol. The van der Waals surface area contributed by atoms with Gasteiger partial charge in [0.2, 0.25) is 0 Å². The van der Waals surface area contributed by atoms with Crippen molar-refractivity contribution in [3.63, 3.8) is 0 Å². The van der Waals surface area contributed by atoms with Gasteiger partial charge in [-0.1, -0.05) is 17.7 Å². The quantitative estimate of drug-likeness (QED) is 0.228. The van der Waals surface area contributed by atoms with Crippen LogP contribution in [0.25, 0.3) is 6.08 Å². The van der Waals surface area contributed by atoms with Crippen LogP contribution >= 0.6 is 11.6 Å². The highest BCUT2D eigenvalue weighted by Gasteiger charge is 2.19. The first-order chi connectivity index (χ1) is 18.9. The molecule has 0 aliphatic carbocycles. The van der Waals surface area contributed by atoms with Crippen LogP contribution in [0.15, 0.2) is 89.2 Å². The van der Waals surface area contributed by atoms with Gasteiger partial charge in [0, 0.05) is 22.7 Å². The zero-order chi connectivity index (χ0) is 27.8. The lowest BCUT2D eigenvalue weighted by Gasteiger charge is -2.15. The summed E-state index contributed by atoms with van der Waals surface area (Å²) in [6, 6.07) is 19.7. The number of benzene rings is 3. The minimum Gasteiger partial charge on any atom is -0.497 e. The van der Waals surface area contributed by atoms with Crippen molar-refractivity contribution >= 4 is 35.2 Å². The van der Waals surface area contributed by atoms with E-state index in [4.69, 9.17) is 35.0 Å². The molecule has 0 atom stereocenters. The fourth-order valence-corrected chi connectivity index (χ4v) is 3.69. The first-order valence-electron chi connectivity index (χ1n) is 11.6. The minimum absolute atomic E-state index is 0.0861. The number of anilines is 1. The van der Waals surface area contributed by atoms with Gasteiger partial charge < -0.3 is 34.0 Å². The molecular formula is C29H25ClN2O7. The SMILES string of the molecule is COc1cccc(Oc2ccc(Cl)cc2NC(=O)/C(=C/c2ccco2)NC(=O)c2ccc(OC)c(OC)c2)c1. The van der Waals surface area contributed by atoms with Gasteiger partial charge in [0.1, 0.15) is 23.0 Å². The summed E-state index contributed by atoms with van der Waals surface area (Å²) in [6.07, 6.45) is 2.86.